The van der Waals surface area contributed by atoms with Crippen molar-refractivity contribution in [2.24, 2.45) is 0 Å². The van der Waals surface area contributed by atoms with Crippen molar-refractivity contribution in [1.82, 2.24) is 10.2 Å². The number of rotatable bonds is 6. The number of amides is 2. The van der Waals surface area contributed by atoms with E-state index in [4.69, 9.17) is 9.47 Å². The second-order valence-corrected chi connectivity index (χ2v) is 9.16. The first-order chi connectivity index (χ1) is 17.0. The van der Waals surface area contributed by atoms with Crippen LogP contribution in [0.4, 0.5) is 4.79 Å². The molecule has 2 aromatic rings. The van der Waals surface area contributed by atoms with E-state index < -0.39 is 18.1 Å². The monoisotopic (exact) mass is 476 g/mol. The minimum absolute atomic E-state index is 0.0308. The average molecular weight is 477 g/mol. The Hall–Kier alpha value is -3.65. The van der Waals surface area contributed by atoms with Crippen LogP contribution < -0.4 is 5.32 Å². The number of aliphatic carboxylic acids is 1. The van der Waals surface area contributed by atoms with Gasteiger partial charge in [-0.2, -0.15) is 0 Å². The van der Waals surface area contributed by atoms with E-state index >= 15 is 0 Å². The predicted molar refractivity (Wildman–Crippen MR) is 128 cm³/mol. The fourth-order valence-corrected chi connectivity index (χ4v) is 5.48. The van der Waals surface area contributed by atoms with Gasteiger partial charge in [0.2, 0.25) is 5.91 Å². The van der Waals surface area contributed by atoms with Crippen LogP contribution in [0.15, 0.2) is 60.2 Å². The summed E-state index contributed by atoms with van der Waals surface area (Å²) in [7, 11) is 0. The molecule has 2 fully saturated rings. The third-order valence-corrected chi connectivity index (χ3v) is 7.18. The smallest absolute Gasteiger partial charge is 0.407 e. The first kappa shape index (κ1) is 23.1. The summed E-state index contributed by atoms with van der Waals surface area (Å²) < 4.78 is 11.1. The second-order valence-electron chi connectivity index (χ2n) is 9.16. The van der Waals surface area contributed by atoms with Crippen LogP contribution in [0.5, 0.6) is 0 Å². The van der Waals surface area contributed by atoms with Crippen molar-refractivity contribution in [3.63, 3.8) is 0 Å². The van der Waals surface area contributed by atoms with Crippen molar-refractivity contribution >= 4 is 18.0 Å². The maximum absolute atomic E-state index is 13.0. The van der Waals surface area contributed by atoms with Gasteiger partial charge in [0.05, 0.1) is 12.1 Å². The highest BCUT2D eigenvalue weighted by Gasteiger charge is 2.50. The van der Waals surface area contributed by atoms with Gasteiger partial charge < -0.3 is 24.8 Å². The van der Waals surface area contributed by atoms with E-state index in [1.807, 2.05) is 24.3 Å². The van der Waals surface area contributed by atoms with Crippen molar-refractivity contribution in [2.45, 2.75) is 43.9 Å². The number of alkyl carbamates (subject to hydrolysis) is 1. The molecular weight excluding hydrogens is 448 g/mol. The maximum atomic E-state index is 13.0. The molecule has 1 aliphatic carbocycles. The van der Waals surface area contributed by atoms with Crippen molar-refractivity contribution in [2.75, 3.05) is 19.8 Å². The number of benzene rings is 2. The lowest BCUT2D eigenvalue weighted by atomic mass is 9.98. The molecule has 0 bridgehead atoms. The Morgan fingerprint density at radius 1 is 1.11 bits per heavy atom. The molecule has 2 aromatic carbocycles. The summed E-state index contributed by atoms with van der Waals surface area (Å²) >= 11 is 0. The van der Waals surface area contributed by atoms with E-state index in [9.17, 15) is 19.5 Å². The molecule has 182 valence electrons. The molecule has 8 heteroatoms. The molecule has 3 atom stereocenters. The molecule has 2 aliphatic heterocycles. The van der Waals surface area contributed by atoms with Gasteiger partial charge >= 0.3 is 12.1 Å². The minimum atomic E-state index is -1.03. The van der Waals surface area contributed by atoms with Crippen LogP contribution in [-0.2, 0) is 19.1 Å². The van der Waals surface area contributed by atoms with Crippen LogP contribution >= 0.6 is 0 Å². The molecule has 0 saturated carbocycles. The van der Waals surface area contributed by atoms with Crippen molar-refractivity contribution < 1.29 is 29.0 Å². The molecule has 8 nitrogen and oxygen atoms in total. The summed E-state index contributed by atoms with van der Waals surface area (Å²) in [5, 5.41) is 12.2. The highest BCUT2D eigenvalue weighted by Crippen LogP contribution is 2.44. The normalized spacial score (nSPS) is 22.9. The maximum Gasteiger partial charge on any atom is 0.407 e. The molecule has 0 spiro atoms. The third-order valence-electron chi connectivity index (χ3n) is 7.18. The molecule has 2 N–H and O–H groups in total. The van der Waals surface area contributed by atoms with Crippen LogP contribution in [0, 0.1) is 0 Å². The summed E-state index contributed by atoms with van der Waals surface area (Å²) in [5.41, 5.74) is 4.96. The first-order valence-electron chi connectivity index (χ1n) is 11.9. The molecule has 0 aromatic heterocycles. The van der Waals surface area contributed by atoms with Gasteiger partial charge in [-0.3, -0.25) is 4.79 Å². The molecule has 2 heterocycles. The zero-order valence-electron chi connectivity index (χ0n) is 19.5. The fraction of sp³-hybridized carbons (Fsp3) is 0.370. The summed E-state index contributed by atoms with van der Waals surface area (Å²) in [5.74, 6) is -1.40. The number of hydrogen-bond donors (Lipinski definition) is 2. The molecule has 2 saturated heterocycles. The Bertz CT molecular complexity index is 1150. The molecule has 2 amide bonds. The average Bonchev–Trinajstić information content (AvgIpc) is 3.54. The van der Waals surface area contributed by atoms with E-state index in [2.05, 4.69) is 29.6 Å². The van der Waals surface area contributed by atoms with E-state index in [0.29, 0.717) is 25.0 Å². The largest absolute Gasteiger partial charge is 0.480 e. The standard InChI is InChI=1S/C27H28N2O6/c1-16(25(30)29-22-11-13-34-24(22)14-23(29)26(31)32)10-12-28-27(33)35-15-21-19-8-4-2-6-17(19)18-7-3-5-9-20(18)21/h2-10,21-24H,11-15H2,1H3,(H,28,33)(H,31,32)/b16-10+/t22-,23?,24-/m0/s1. The lowest BCUT2D eigenvalue weighted by Crippen LogP contribution is -2.45. The van der Waals surface area contributed by atoms with Crippen LogP contribution in [0.1, 0.15) is 36.8 Å². The molecule has 5 rings (SSSR count). The molecule has 35 heavy (non-hydrogen) atoms. The SMILES string of the molecule is C/C(=C\CNC(=O)OCC1c2ccccc2-c2ccccc21)C(=O)N1C(C(=O)O)C[C@@H]2OCC[C@@H]21. The number of carbonyl (C=O) groups excluding carboxylic acids is 2. The number of hydrogen-bond acceptors (Lipinski definition) is 5. The number of carbonyl (C=O) groups is 3. The van der Waals surface area contributed by atoms with Gasteiger partial charge in [0, 0.05) is 31.1 Å². The highest BCUT2D eigenvalue weighted by atomic mass is 16.5. The number of carboxylic acids is 1. The van der Waals surface area contributed by atoms with E-state index in [1.165, 1.54) is 4.90 Å². The summed E-state index contributed by atoms with van der Waals surface area (Å²) in [4.78, 5) is 38.5. The zero-order valence-corrected chi connectivity index (χ0v) is 19.5. The lowest BCUT2D eigenvalue weighted by Gasteiger charge is -2.27. The number of likely N-dealkylation sites (tertiary alicyclic amines) is 1. The summed E-state index contributed by atoms with van der Waals surface area (Å²) in [6, 6.07) is 15.1. The topological polar surface area (TPSA) is 105 Å². The van der Waals surface area contributed by atoms with Crippen molar-refractivity contribution in [3.05, 3.63) is 71.3 Å². The van der Waals surface area contributed by atoms with Gasteiger partial charge in [-0.25, -0.2) is 9.59 Å². The van der Waals surface area contributed by atoms with Crippen LogP contribution in [0.2, 0.25) is 0 Å². The van der Waals surface area contributed by atoms with Gasteiger partial charge in [0.15, 0.2) is 0 Å². The molecule has 0 radical (unpaired) electrons. The molecule has 3 aliphatic rings. The number of fused-ring (bicyclic) bond motifs is 4. The van der Waals surface area contributed by atoms with Gasteiger partial charge in [-0.05, 0) is 35.6 Å². The Balaban J connectivity index is 1.17. The number of carboxylic acid groups (broad SMARTS) is 1. The van der Waals surface area contributed by atoms with E-state index in [-0.39, 0.29) is 37.1 Å². The predicted octanol–water partition coefficient (Wildman–Crippen LogP) is 3.31. The van der Waals surface area contributed by atoms with Gasteiger partial charge in [-0.15, -0.1) is 0 Å². The Morgan fingerprint density at radius 2 is 1.77 bits per heavy atom. The van der Waals surface area contributed by atoms with Crippen molar-refractivity contribution in [3.8, 4) is 11.1 Å². The van der Waals surface area contributed by atoms with Gasteiger partial charge in [-0.1, -0.05) is 54.6 Å². The van der Waals surface area contributed by atoms with Gasteiger partial charge in [0.25, 0.3) is 0 Å². The third kappa shape index (κ3) is 4.30. The van der Waals surface area contributed by atoms with Crippen LogP contribution in [-0.4, -0.2) is 65.9 Å². The zero-order chi connectivity index (χ0) is 24.5. The first-order valence-corrected chi connectivity index (χ1v) is 11.9. The second kappa shape index (κ2) is 9.54. The van der Waals surface area contributed by atoms with Crippen LogP contribution in [0.25, 0.3) is 11.1 Å². The van der Waals surface area contributed by atoms with Crippen LogP contribution in [0.3, 0.4) is 0 Å². The van der Waals surface area contributed by atoms with E-state index in [1.54, 1.807) is 13.0 Å². The lowest BCUT2D eigenvalue weighted by molar-refractivity contribution is -0.148. The highest BCUT2D eigenvalue weighted by molar-refractivity contribution is 5.96. The van der Waals surface area contributed by atoms with Gasteiger partial charge in [0.1, 0.15) is 12.6 Å². The van der Waals surface area contributed by atoms with E-state index in [0.717, 1.165) is 22.3 Å². The Labute approximate surface area is 203 Å². The minimum Gasteiger partial charge on any atom is -0.480 e. The molecular formula is C27H28N2O6. The summed E-state index contributed by atoms with van der Waals surface area (Å²) in [6.45, 7) is 2.46. The van der Waals surface area contributed by atoms with Crippen molar-refractivity contribution in [1.29, 1.82) is 0 Å². The molecule has 1 unspecified atom stereocenters. The Kier molecular flexibility index (Phi) is 6.30. The summed E-state index contributed by atoms with van der Waals surface area (Å²) in [6.07, 6.45) is 1.72. The number of nitrogens with zero attached hydrogens (tertiary/aromatic N) is 1. The Morgan fingerprint density at radius 3 is 2.43 bits per heavy atom. The number of ether oxygens (including phenoxy) is 2. The quantitative estimate of drug-likeness (QED) is 0.620. The fourth-order valence-electron chi connectivity index (χ4n) is 5.48. The number of nitrogens with one attached hydrogen (secondary N) is 1.